The first kappa shape index (κ1) is 14.5. The highest BCUT2D eigenvalue weighted by Crippen LogP contribution is 2.37. The van der Waals surface area contributed by atoms with Crippen LogP contribution in [0, 0.1) is 12.8 Å². The maximum atomic E-state index is 12.2. The number of anilines is 1. The molecule has 0 aliphatic carbocycles. The fourth-order valence-electron chi connectivity index (χ4n) is 3.01. The summed E-state index contributed by atoms with van der Waals surface area (Å²) in [6.45, 7) is 5.03. The number of carbonyl (C=O) groups excluding carboxylic acids is 1. The first-order valence-corrected chi connectivity index (χ1v) is 7.42. The fraction of sp³-hybridized carbons (Fsp3) is 0.467. The second kappa shape index (κ2) is 6.13. The van der Waals surface area contributed by atoms with Gasteiger partial charge >= 0.3 is 6.01 Å². The zero-order chi connectivity index (χ0) is 15.5. The molecule has 7 heteroatoms. The Bertz CT molecular complexity index is 642. The SMILES string of the molecule is CCN1C(=O)C[C@@H](CNc2nnc(C)o2)[C@@H]1c1cccnc1. The Morgan fingerprint density at radius 1 is 1.45 bits per heavy atom. The first-order chi connectivity index (χ1) is 10.7. The van der Waals surface area contributed by atoms with Gasteiger partial charge in [-0.1, -0.05) is 11.2 Å². The summed E-state index contributed by atoms with van der Waals surface area (Å²) in [5, 5.41) is 10.8. The van der Waals surface area contributed by atoms with Gasteiger partial charge in [0, 0.05) is 44.7 Å². The van der Waals surface area contributed by atoms with Crippen LogP contribution in [0.1, 0.15) is 30.8 Å². The van der Waals surface area contributed by atoms with Crippen LogP contribution in [0.4, 0.5) is 6.01 Å². The third-order valence-corrected chi connectivity index (χ3v) is 3.95. The molecule has 116 valence electrons. The fourth-order valence-corrected chi connectivity index (χ4v) is 3.01. The molecule has 2 aromatic heterocycles. The van der Waals surface area contributed by atoms with Crippen molar-refractivity contribution in [1.29, 1.82) is 0 Å². The van der Waals surface area contributed by atoms with Crippen LogP contribution >= 0.6 is 0 Å². The minimum atomic E-state index is 0.0303. The van der Waals surface area contributed by atoms with Crippen molar-refractivity contribution in [2.45, 2.75) is 26.3 Å². The van der Waals surface area contributed by atoms with Gasteiger partial charge in [0.1, 0.15) is 0 Å². The lowest BCUT2D eigenvalue weighted by Crippen LogP contribution is -2.30. The summed E-state index contributed by atoms with van der Waals surface area (Å²) < 4.78 is 5.32. The highest BCUT2D eigenvalue weighted by atomic mass is 16.4. The van der Waals surface area contributed by atoms with Crippen molar-refractivity contribution in [2.24, 2.45) is 5.92 Å². The van der Waals surface area contributed by atoms with Gasteiger partial charge in [-0.05, 0) is 18.6 Å². The van der Waals surface area contributed by atoms with Crippen LogP contribution in [0.3, 0.4) is 0 Å². The molecule has 2 atom stereocenters. The van der Waals surface area contributed by atoms with E-state index in [0.717, 1.165) is 5.56 Å². The maximum absolute atomic E-state index is 12.2. The Kier molecular flexibility index (Phi) is 4.04. The number of nitrogens with one attached hydrogen (secondary N) is 1. The van der Waals surface area contributed by atoms with Crippen LogP contribution in [0.25, 0.3) is 0 Å². The van der Waals surface area contributed by atoms with Gasteiger partial charge in [0.15, 0.2) is 0 Å². The topological polar surface area (TPSA) is 84.2 Å². The number of carbonyl (C=O) groups is 1. The Morgan fingerprint density at radius 2 is 2.32 bits per heavy atom. The normalized spacial score (nSPS) is 21.4. The van der Waals surface area contributed by atoms with Crippen LogP contribution in [-0.2, 0) is 4.79 Å². The van der Waals surface area contributed by atoms with Gasteiger partial charge in [0.25, 0.3) is 0 Å². The molecule has 0 spiro atoms. The monoisotopic (exact) mass is 301 g/mol. The summed E-state index contributed by atoms with van der Waals surface area (Å²) >= 11 is 0. The Balaban J connectivity index is 1.77. The predicted molar refractivity (Wildman–Crippen MR) is 80.0 cm³/mol. The number of amides is 1. The summed E-state index contributed by atoms with van der Waals surface area (Å²) in [5.74, 6) is 0.831. The molecule has 1 saturated heterocycles. The number of hydrogen-bond donors (Lipinski definition) is 1. The molecule has 3 rings (SSSR count). The van der Waals surface area contributed by atoms with Gasteiger partial charge in [-0.25, -0.2) is 0 Å². The average molecular weight is 301 g/mol. The molecule has 1 aliphatic rings. The van der Waals surface area contributed by atoms with E-state index >= 15 is 0 Å². The van der Waals surface area contributed by atoms with E-state index in [1.54, 1.807) is 13.1 Å². The Labute approximate surface area is 128 Å². The molecular weight excluding hydrogens is 282 g/mol. The van der Waals surface area contributed by atoms with E-state index in [4.69, 9.17) is 4.42 Å². The van der Waals surface area contributed by atoms with E-state index in [0.29, 0.717) is 31.4 Å². The third-order valence-electron chi connectivity index (χ3n) is 3.95. The van der Waals surface area contributed by atoms with E-state index in [1.165, 1.54) is 0 Å². The smallest absolute Gasteiger partial charge is 0.315 e. The lowest BCUT2D eigenvalue weighted by atomic mass is 9.94. The number of rotatable bonds is 5. The lowest BCUT2D eigenvalue weighted by Gasteiger charge is -2.27. The van der Waals surface area contributed by atoms with Crippen molar-refractivity contribution in [3.05, 3.63) is 36.0 Å². The number of hydrogen-bond acceptors (Lipinski definition) is 6. The van der Waals surface area contributed by atoms with Crippen LogP contribution in [0.2, 0.25) is 0 Å². The number of aromatic nitrogens is 3. The van der Waals surface area contributed by atoms with Gasteiger partial charge in [-0.2, -0.15) is 0 Å². The molecule has 7 nitrogen and oxygen atoms in total. The molecule has 0 radical (unpaired) electrons. The molecule has 2 aromatic rings. The average Bonchev–Trinajstić information content (AvgIpc) is 3.08. The lowest BCUT2D eigenvalue weighted by molar-refractivity contribution is -0.128. The molecule has 1 amide bonds. The summed E-state index contributed by atoms with van der Waals surface area (Å²) in [6.07, 6.45) is 4.08. The zero-order valence-electron chi connectivity index (χ0n) is 12.7. The van der Waals surface area contributed by atoms with Gasteiger partial charge in [-0.15, -0.1) is 5.10 Å². The Hall–Kier alpha value is -2.44. The summed E-state index contributed by atoms with van der Waals surface area (Å²) in [4.78, 5) is 18.3. The molecule has 1 aliphatic heterocycles. The third kappa shape index (κ3) is 2.79. The molecule has 0 saturated carbocycles. The van der Waals surface area contributed by atoms with Crippen molar-refractivity contribution < 1.29 is 9.21 Å². The zero-order valence-corrected chi connectivity index (χ0v) is 12.7. The van der Waals surface area contributed by atoms with Crippen LogP contribution in [0.15, 0.2) is 28.9 Å². The molecule has 0 bridgehead atoms. The van der Waals surface area contributed by atoms with E-state index in [-0.39, 0.29) is 17.9 Å². The van der Waals surface area contributed by atoms with Gasteiger partial charge in [0.05, 0.1) is 6.04 Å². The van der Waals surface area contributed by atoms with Crippen LogP contribution < -0.4 is 5.32 Å². The quantitative estimate of drug-likeness (QED) is 0.906. The van der Waals surface area contributed by atoms with Gasteiger partial charge in [0.2, 0.25) is 11.8 Å². The van der Waals surface area contributed by atoms with Crippen LogP contribution in [0.5, 0.6) is 0 Å². The number of aryl methyl sites for hydroxylation is 1. The van der Waals surface area contributed by atoms with Crippen molar-refractivity contribution >= 4 is 11.9 Å². The van der Waals surface area contributed by atoms with E-state index in [2.05, 4.69) is 20.5 Å². The van der Waals surface area contributed by atoms with E-state index < -0.39 is 0 Å². The van der Waals surface area contributed by atoms with Crippen LogP contribution in [-0.4, -0.2) is 39.1 Å². The standard InChI is InChI=1S/C15H19N5O2/c1-3-20-13(21)7-12(9-17-15-19-18-10(2)22-15)14(20)11-5-4-6-16-8-11/h4-6,8,12,14H,3,7,9H2,1-2H3,(H,17,19)/t12-,14-/m0/s1. The summed E-state index contributed by atoms with van der Waals surface area (Å²) in [7, 11) is 0. The van der Waals surface area contributed by atoms with Gasteiger partial charge < -0.3 is 14.6 Å². The summed E-state index contributed by atoms with van der Waals surface area (Å²) in [6, 6.07) is 4.34. The van der Waals surface area contributed by atoms with Gasteiger partial charge in [-0.3, -0.25) is 9.78 Å². The molecule has 3 heterocycles. The molecule has 22 heavy (non-hydrogen) atoms. The molecule has 1 N–H and O–H groups in total. The minimum absolute atomic E-state index is 0.0303. The number of nitrogens with zero attached hydrogens (tertiary/aromatic N) is 4. The van der Waals surface area contributed by atoms with E-state index in [9.17, 15) is 4.79 Å². The Morgan fingerprint density at radius 3 is 2.95 bits per heavy atom. The highest BCUT2D eigenvalue weighted by Gasteiger charge is 2.39. The van der Waals surface area contributed by atoms with Crippen molar-refractivity contribution in [3.8, 4) is 0 Å². The van der Waals surface area contributed by atoms with Crippen molar-refractivity contribution in [2.75, 3.05) is 18.4 Å². The summed E-state index contributed by atoms with van der Waals surface area (Å²) in [5.41, 5.74) is 1.06. The number of likely N-dealkylation sites (tertiary alicyclic amines) is 1. The van der Waals surface area contributed by atoms with Crippen molar-refractivity contribution in [1.82, 2.24) is 20.1 Å². The molecular formula is C15H19N5O2. The molecule has 1 fully saturated rings. The van der Waals surface area contributed by atoms with Crippen molar-refractivity contribution in [3.63, 3.8) is 0 Å². The highest BCUT2D eigenvalue weighted by molar-refractivity contribution is 5.79. The maximum Gasteiger partial charge on any atom is 0.315 e. The minimum Gasteiger partial charge on any atom is -0.408 e. The second-order valence-electron chi connectivity index (χ2n) is 5.38. The number of pyridine rings is 1. The van der Waals surface area contributed by atoms with E-state index in [1.807, 2.05) is 30.2 Å². The molecule has 0 aromatic carbocycles. The molecule has 0 unspecified atom stereocenters. The predicted octanol–water partition coefficient (Wildman–Crippen LogP) is 1.79. The second-order valence-corrected chi connectivity index (χ2v) is 5.38. The first-order valence-electron chi connectivity index (χ1n) is 7.42. The largest absolute Gasteiger partial charge is 0.408 e.